The van der Waals surface area contributed by atoms with Crippen molar-refractivity contribution in [1.82, 2.24) is 15.1 Å². The largest absolute Gasteiger partial charge is 0.444 e. The van der Waals surface area contributed by atoms with Crippen molar-refractivity contribution in [3.05, 3.63) is 12.2 Å². The quantitative estimate of drug-likeness (QED) is 0.605. The van der Waals surface area contributed by atoms with Crippen LogP contribution in [0.5, 0.6) is 0 Å². The molecule has 172 valence electrons. The van der Waals surface area contributed by atoms with Crippen molar-refractivity contribution in [1.29, 1.82) is 0 Å². The highest BCUT2D eigenvalue weighted by molar-refractivity contribution is 7.19. The Morgan fingerprint density at radius 3 is 2.74 bits per heavy atom. The van der Waals surface area contributed by atoms with Crippen molar-refractivity contribution in [3.8, 4) is 0 Å². The molecule has 1 saturated heterocycles. The first-order chi connectivity index (χ1) is 14.6. The summed E-state index contributed by atoms with van der Waals surface area (Å²) in [7, 11) is 0. The van der Waals surface area contributed by atoms with E-state index in [9.17, 15) is 9.59 Å². The summed E-state index contributed by atoms with van der Waals surface area (Å²) in [4.78, 5) is 26.6. The summed E-state index contributed by atoms with van der Waals surface area (Å²) in [6.45, 7) is 13.1. The molecule has 0 bridgehead atoms. The first kappa shape index (κ1) is 23.5. The Bertz CT molecular complexity index is 818. The zero-order valence-corrected chi connectivity index (χ0v) is 19.9. The van der Waals surface area contributed by atoms with Crippen molar-refractivity contribution >= 4 is 33.6 Å². The molecule has 1 aliphatic heterocycles. The molecule has 1 saturated carbocycles. The van der Waals surface area contributed by atoms with Gasteiger partial charge in [0.1, 0.15) is 5.60 Å². The van der Waals surface area contributed by atoms with Crippen molar-refractivity contribution in [2.45, 2.75) is 84.3 Å². The van der Waals surface area contributed by atoms with E-state index in [4.69, 9.17) is 4.74 Å². The van der Waals surface area contributed by atoms with Crippen molar-refractivity contribution in [2.24, 2.45) is 5.41 Å². The Morgan fingerprint density at radius 1 is 1.32 bits per heavy atom. The zero-order valence-electron chi connectivity index (χ0n) is 19.1. The van der Waals surface area contributed by atoms with Crippen LogP contribution in [-0.4, -0.2) is 51.8 Å². The predicted molar refractivity (Wildman–Crippen MR) is 123 cm³/mol. The lowest BCUT2D eigenvalue weighted by Gasteiger charge is -2.37. The molecule has 2 aliphatic rings. The van der Waals surface area contributed by atoms with Crippen LogP contribution in [0.2, 0.25) is 0 Å². The number of allylic oxidation sites excluding steroid dienone is 1. The molecule has 1 aromatic heterocycles. The van der Waals surface area contributed by atoms with Crippen molar-refractivity contribution in [2.75, 3.05) is 23.7 Å². The average molecular weight is 450 g/mol. The number of nitrogens with zero attached hydrogens (tertiary/aromatic N) is 3. The molecule has 1 aliphatic carbocycles. The van der Waals surface area contributed by atoms with Crippen LogP contribution in [0.15, 0.2) is 12.2 Å². The van der Waals surface area contributed by atoms with Crippen LogP contribution in [0, 0.1) is 5.41 Å². The average Bonchev–Trinajstić information content (AvgIpc) is 3.30. The fraction of sp³-hybridized carbons (Fsp3) is 0.727. The minimum atomic E-state index is -0.504. The van der Waals surface area contributed by atoms with Crippen molar-refractivity contribution < 1.29 is 14.3 Å². The molecule has 0 aromatic carbocycles. The summed E-state index contributed by atoms with van der Waals surface area (Å²) in [5.41, 5.74) is 0.760. The van der Waals surface area contributed by atoms with Crippen LogP contribution in [0.4, 0.5) is 15.1 Å². The van der Waals surface area contributed by atoms with Crippen molar-refractivity contribution in [3.63, 3.8) is 0 Å². The highest BCUT2D eigenvalue weighted by atomic mass is 32.1. The van der Waals surface area contributed by atoms with E-state index in [1.54, 1.807) is 4.90 Å². The lowest BCUT2D eigenvalue weighted by Crippen LogP contribution is -2.36. The van der Waals surface area contributed by atoms with Gasteiger partial charge in [0.2, 0.25) is 16.2 Å². The first-order valence-corrected chi connectivity index (χ1v) is 11.9. The van der Waals surface area contributed by atoms with Gasteiger partial charge < -0.3 is 20.3 Å². The zero-order chi connectivity index (χ0) is 22.6. The van der Waals surface area contributed by atoms with Gasteiger partial charge in [-0.2, -0.15) is 0 Å². The fourth-order valence-electron chi connectivity index (χ4n) is 4.38. The van der Waals surface area contributed by atoms with Crippen LogP contribution in [-0.2, 0) is 9.53 Å². The minimum Gasteiger partial charge on any atom is -0.444 e. The number of hydrogen-bond acceptors (Lipinski definition) is 7. The fourth-order valence-corrected chi connectivity index (χ4v) is 5.12. The second-order valence-corrected chi connectivity index (χ2v) is 10.8. The van der Waals surface area contributed by atoms with E-state index >= 15 is 0 Å². The Kier molecular flexibility index (Phi) is 7.24. The Balaban J connectivity index is 1.49. The number of aromatic nitrogens is 2. The van der Waals surface area contributed by atoms with Gasteiger partial charge in [-0.3, -0.25) is 4.79 Å². The van der Waals surface area contributed by atoms with Crippen LogP contribution in [0.25, 0.3) is 0 Å². The summed E-state index contributed by atoms with van der Waals surface area (Å²) in [5, 5.41) is 15.6. The number of carbonyl (C=O) groups excluding carboxylic acids is 2. The van der Waals surface area contributed by atoms with E-state index in [1.165, 1.54) is 16.9 Å². The number of rotatable bonds is 6. The third-order valence-corrected chi connectivity index (χ3v) is 6.76. The number of hydrogen-bond donors (Lipinski definition) is 2. The molecular weight excluding hydrogens is 414 g/mol. The lowest BCUT2D eigenvalue weighted by atomic mass is 9.68. The van der Waals surface area contributed by atoms with Gasteiger partial charge in [-0.1, -0.05) is 30.4 Å². The molecule has 2 fully saturated rings. The Morgan fingerprint density at radius 2 is 2.06 bits per heavy atom. The molecule has 0 spiro atoms. The molecule has 2 heterocycles. The minimum absolute atomic E-state index is 0.0140. The maximum atomic E-state index is 12.7. The molecule has 31 heavy (non-hydrogen) atoms. The lowest BCUT2D eigenvalue weighted by molar-refractivity contribution is -0.118. The summed E-state index contributed by atoms with van der Waals surface area (Å²) >= 11 is 1.32. The Hall–Kier alpha value is -2.16. The topological polar surface area (TPSA) is 96.5 Å². The second-order valence-electron chi connectivity index (χ2n) is 9.83. The first-order valence-electron chi connectivity index (χ1n) is 11.1. The highest BCUT2D eigenvalue weighted by Gasteiger charge is 2.34. The van der Waals surface area contributed by atoms with E-state index in [1.807, 2.05) is 20.8 Å². The van der Waals surface area contributed by atoms with Crippen LogP contribution >= 0.6 is 11.3 Å². The van der Waals surface area contributed by atoms with Crippen LogP contribution < -0.4 is 10.6 Å². The van der Waals surface area contributed by atoms with Gasteiger partial charge in [-0.05, 0) is 64.7 Å². The third-order valence-electron chi connectivity index (χ3n) is 5.99. The predicted octanol–water partition coefficient (Wildman–Crippen LogP) is 4.81. The van der Waals surface area contributed by atoms with Gasteiger partial charge in [0.05, 0.1) is 0 Å². The maximum absolute atomic E-state index is 12.7. The summed E-state index contributed by atoms with van der Waals surface area (Å²) in [5.74, 6) is -0.0174. The smallest absolute Gasteiger partial charge is 0.410 e. The summed E-state index contributed by atoms with van der Waals surface area (Å²) in [6, 6.07) is 0.0839. The molecule has 3 rings (SSSR count). The SMILES string of the molecule is C=C1CCCC(CC)(CC(=O)Nc2nnc(NC3CCN(C(=O)OC(C)(C)C)C3)s2)C1. The maximum Gasteiger partial charge on any atom is 0.410 e. The number of ether oxygens (including phenoxy) is 1. The van der Waals surface area contributed by atoms with Gasteiger partial charge in [0, 0.05) is 25.6 Å². The number of likely N-dealkylation sites (tertiary alicyclic amines) is 1. The van der Waals surface area contributed by atoms with E-state index in [2.05, 4.69) is 34.3 Å². The Labute approximate surface area is 188 Å². The number of anilines is 2. The highest BCUT2D eigenvalue weighted by Crippen LogP contribution is 2.44. The summed E-state index contributed by atoms with van der Waals surface area (Å²) < 4.78 is 5.44. The molecule has 0 radical (unpaired) electrons. The number of nitrogens with one attached hydrogen (secondary N) is 2. The van der Waals surface area contributed by atoms with Crippen LogP contribution in [0.3, 0.4) is 0 Å². The van der Waals surface area contributed by atoms with Gasteiger partial charge >= 0.3 is 6.09 Å². The molecule has 2 atom stereocenters. The summed E-state index contributed by atoms with van der Waals surface area (Å²) in [6.07, 6.45) is 6.14. The second kappa shape index (κ2) is 9.54. The monoisotopic (exact) mass is 449 g/mol. The number of amides is 2. The van der Waals surface area contributed by atoms with Gasteiger partial charge in [-0.15, -0.1) is 10.2 Å². The van der Waals surface area contributed by atoms with Crippen LogP contribution in [0.1, 0.15) is 72.6 Å². The van der Waals surface area contributed by atoms with E-state index < -0.39 is 5.60 Å². The standard InChI is InChI=1S/C22H35N5O3S/c1-6-22(10-7-8-15(2)12-22)13-17(28)24-19-26-25-18(31-19)23-16-9-11-27(14-16)20(29)30-21(3,4)5/h16H,2,6-14H2,1,3-5H3,(H,23,25)(H,24,26,28). The molecule has 2 N–H and O–H groups in total. The van der Waals surface area contributed by atoms with Gasteiger partial charge in [0.25, 0.3) is 0 Å². The molecule has 2 amide bonds. The molecule has 8 nitrogen and oxygen atoms in total. The third kappa shape index (κ3) is 6.66. The molecule has 2 unspecified atom stereocenters. The molecule has 1 aromatic rings. The normalized spacial score (nSPS) is 24.2. The molecular formula is C22H35N5O3S. The van der Waals surface area contributed by atoms with E-state index in [-0.39, 0.29) is 23.5 Å². The molecule has 9 heteroatoms. The van der Waals surface area contributed by atoms with E-state index in [0.29, 0.717) is 29.8 Å². The van der Waals surface area contributed by atoms with E-state index in [0.717, 1.165) is 38.5 Å². The number of carbonyl (C=O) groups is 2. The van der Waals surface area contributed by atoms with Gasteiger partial charge in [0.15, 0.2) is 0 Å². The van der Waals surface area contributed by atoms with Gasteiger partial charge in [-0.25, -0.2) is 4.79 Å².